The lowest BCUT2D eigenvalue weighted by molar-refractivity contribution is 0.00165. The topological polar surface area (TPSA) is 79.5 Å². The summed E-state index contributed by atoms with van der Waals surface area (Å²) in [6.07, 6.45) is 3.46. The number of aromatic nitrogens is 2. The summed E-state index contributed by atoms with van der Waals surface area (Å²) in [5.74, 6) is 0.968. The zero-order valence-corrected chi connectivity index (χ0v) is 14.0. The van der Waals surface area contributed by atoms with E-state index in [1.54, 1.807) is 0 Å². The molecule has 1 aliphatic carbocycles. The van der Waals surface area contributed by atoms with Crippen LogP contribution in [0.1, 0.15) is 41.4 Å². The zero-order chi connectivity index (χ0) is 16.4. The molecule has 4 rings (SSSR count). The van der Waals surface area contributed by atoms with Crippen LogP contribution in [0.15, 0.2) is 6.07 Å². The monoisotopic (exact) mass is 334 g/mol. The Morgan fingerprint density at radius 3 is 2.83 bits per heavy atom. The molecule has 2 aliphatic heterocycles. The molecule has 1 saturated carbocycles. The minimum atomic E-state index is -0.0877. The fourth-order valence-electron chi connectivity index (χ4n) is 3.70. The standard InChI is InChI=1S/C17H26N4O3/c22-17(15-9-14(19-20-15)12-1-2-12)18-10-16(13-3-6-24-11-13)21-4-7-23-8-5-21/h9,12-13,16H,1-8,10-11H2,(H,18,22)(H,19,20)/t13-,16+/m0/s1. The molecule has 0 aromatic carbocycles. The highest BCUT2D eigenvalue weighted by molar-refractivity contribution is 5.92. The average molecular weight is 334 g/mol. The van der Waals surface area contributed by atoms with E-state index in [0.717, 1.165) is 51.6 Å². The van der Waals surface area contributed by atoms with E-state index < -0.39 is 0 Å². The molecule has 0 unspecified atom stereocenters. The fourth-order valence-corrected chi connectivity index (χ4v) is 3.70. The van der Waals surface area contributed by atoms with Crippen LogP contribution in [0.25, 0.3) is 0 Å². The molecule has 2 saturated heterocycles. The van der Waals surface area contributed by atoms with Crippen LogP contribution in [-0.4, -0.2) is 73.1 Å². The average Bonchev–Trinajstić information content (AvgIpc) is 3.12. The Kier molecular flexibility index (Phi) is 4.82. The minimum absolute atomic E-state index is 0.0877. The van der Waals surface area contributed by atoms with Crippen molar-refractivity contribution in [1.82, 2.24) is 20.4 Å². The number of carbonyl (C=O) groups is 1. The number of hydrogen-bond acceptors (Lipinski definition) is 5. The first-order valence-electron chi connectivity index (χ1n) is 9.04. The van der Waals surface area contributed by atoms with Crippen molar-refractivity contribution >= 4 is 5.91 Å². The maximum atomic E-state index is 12.4. The highest BCUT2D eigenvalue weighted by Gasteiger charge is 2.32. The second kappa shape index (κ2) is 7.21. The van der Waals surface area contributed by atoms with E-state index in [0.29, 0.717) is 30.1 Å². The Bertz CT molecular complexity index is 560. The molecule has 24 heavy (non-hydrogen) atoms. The maximum Gasteiger partial charge on any atom is 0.271 e. The number of H-pyrrole nitrogens is 1. The Hall–Kier alpha value is -1.44. The second-order valence-electron chi connectivity index (χ2n) is 7.03. The summed E-state index contributed by atoms with van der Waals surface area (Å²) >= 11 is 0. The van der Waals surface area contributed by atoms with Gasteiger partial charge in [-0.15, -0.1) is 0 Å². The number of carbonyl (C=O) groups excluding carboxylic acids is 1. The van der Waals surface area contributed by atoms with Gasteiger partial charge in [-0.25, -0.2) is 0 Å². The summed E-state index contributed by atoms with van der Waals surface area (Å²) in [4.78, 5) is 14.9. The van der Waals surface area contributed by atoms with Crippen molar-refractivity contribution in [3.63, 3.8) is 0 Å². The van der Waals surface area contributed by atoms with Gasteiger partial charge in [-0.2, -0.15) is 5.10 Å². The summed E-state index contributed by atoms with van der Waals surface area (Å²) in [5, 5.41) is 10.3. The molecule has 132 valence electrons. The molecular formula is C17H26N4O3. The molecule has 3 fully saturated rings. The lowest BCUT2D eigenvalue weighted by Gasteiger charge is -2.37. The molecule has 7 nitrogen and oxygen atoms in total. The van der Waals surface area contributed by atoms with Crippen LogP contribution in [0.5, 0.6) is 0 Å². The van der Waals surface area contributed by atoms with Crippen LogP contribution in [0.2, 0.25) is 0 Å². The predicted octanol–water partition coefficient (Wildman–Crippen LogP) is 0.754. The molecule has 0 spiro atoms. The van der Waals surface area contributed by atoms with Gasteiger partial charge in [0.25, 0.3) is 5.91 Å². The second-order valence-corrected chi connectivity index (χ2v) is 7.03. The number of ether oxygens (including phenoxy) is 2. The van der Waals surface area contributed by atoms with Crippen molar-refractivity contribution in [2.75, 3.05) is 46.1 Å². The molecule has 0 radical (unpaired) electrons. The highest BCUT2D eigenvalue weighted by Crippen LogP contribution is 2.38. The first-order valence-corrected chi connectivity index (χ1v) is 9.04. The van der Waals surface area contributed by atoms with Gasteiger partial charge >= 0.3 is 0 Å². The van der Waals surface area contributed by atoms with Crippen LogP contribution in [0, 0.1) is 5.92 Å². The molecule has 3 aliphatic rings. The molecule has 1 amide bonds. The number of nitrogens with zero attached hydrogens (tertiary/aromatic N) is 2. The number of morpholine rings is 1. The molecule has 3 heterocycles. The van der Waals surface area contributed by atoms with Crippen molar-refractivity contribution in [1.29, 1.82) is 0 Å². The number of amides is 1. The van der Waals surface area contributed by atoms with Crippen molar-refractivity contribution in [3.8, 4) is 0 Å². The van der Waals surface area contributed by atoms with Crippen LogP contribution < -0.4 is 5.32 Å². The van der Waals surface area contributed by atoms with Gasteiger partial charge in [-0.1, -0.05) is 0 Å². The molecule has 2 atom stereocenters. The van der Waals surface area contributed by atoms with Crippen molar-refractivity contribution < 1.29 is 14.3 Å². The predicted molar refractivity (Wildman–Crippen MR) is 88.0 cm³/mol. The molecule has 1 aromatic rings. The molecule has 2 N–H and O–H groups in total. The normalized spacial score (nSPS) is 26.4. The third-order valence-electron chi connectivity index (χ3n) is 5.34. The highest BCUT2D eigenvalue weighted by atomic mass is 16.5. The van der Waals surface area contributed by atoms with Gasteiger partial charge in [0.15, 0.2) is 0 Å². The molecular weight excluding hydrogens is 308 g/mol. The van der Waals surface area contributed by atoms with Crippen LogP contribution in [0.3, 0.4) is 0 Å². The lowest BCUT2D eigenvalue weighted by atomic mass is 9.97. The third kappa shape index (κ3) is 3.63. The van der Waals surface area contributed by atoms with E-state index in [4.69, 9.17) is 9.47 Å². The summed E-state index contributed by atoms with van der Waals surface area (Å²) in [7, 11) is 0. The number of rotatable bonds is 6. The Balaban J connectivity index is 1.36. The smallest absolute Gasteiger partial charge is 0.271 e. The summed E-state index contributed by atoms with van der Waals surface area (Å²) in [5.41, 5.74) is 1.59. The van der Waals surface area contributed by atoms with Gasteiger partial charge in [0.2, 0.25) is 0 Å². The molecule has 0 bridgehead atoms. The van der Waals surface area contributed by atoms with E-state index in [2.05, 4.69) is 20.4 Å². The zero-order valence-electron chi connectivity index (χ0n) is 14.0. The number of aromatic amines is 1. The van der Waals surface area contributed by atoms with Crippen LogP contribution in [0.4, 0.5) is 0 Å². The first-order chi connectivity index (χ1) is 11.8. The SMILES string of the molecule is O=C(NC[C@H]([C@H]1CCOC1)N1CCOCC1)c1cc(C2CC2)[nH]n1. The van der Waals surface area contributed by atoms with Crippen LogP contribution in [-0.2, 0) is 9.47 Å². The molecule has 7 heteroatoms. The van der Waals surface area contributed by atoms with Crippen molar-refractivity contribution in [2.45, 2.75) is 31.2 Å². The maximum absolute atomic E-state index is 12.4. The lowest BCUT2D eigenvalue weighted by Crippen LogP contribution is -2.52. The Morgan fingerprint density at radius 2 is 2.12 bits per heavy atom. The summed E-state index contributed by atoms with van der Waals surface area (Å²) in [6.45, 7) is 5.62. The van der Waals surface area contributed by atoms with Gasteiger partial charge in [-0.3, -0.25) is 14.8 Å². The molecule has 1 aromatic heterocycles. The van der Waals surface area contributed by atoms with Gasteiger partial charge in [-0.05, 0) is 25.3 Å². The van der Waals surface area contributed by atoms with E-state index >= 15 is 0 Å². The van der Waals surface area contributed by atoms with E-state index in [1.807, 2.05) is 6.07 Å². The largest absolute Gasteiger partial charge is 0.381 e. The Labute approximate surface area is 142 Å². The van der Waals surface area contributed by atoms with Gasteiger partial charge in [0.1, 0.15) is 5.69 Å². The number of hydrogen-bond donors (Lipinski definition) is 2. The van der Waals surface area contributed by atoms with Gasteiger partial charge < -0.3 is 14.8 Å². The quantitative estimate of drug-likeness (QED) is 0.803. The van der Waals surface area contributed by atoms with Gasteiger partial charge in [0.05, 0.1) is 19.8 Å². The van der Waals surface area contributed by atoms with Crippen LogP contribution >= 0.6 is 0 Å². The summed E-state index contributed by atoms with van der Waals surface area (Å²) < 4.78 is 11.0. The fraction of sp³-hybridized carbons (Fsp3) is 0.765. The Morgan fingerprint density at radius 1 is 1.29 bits per heavy atom. The summed E-state index contributed by atoms with van der Waals surface area (Å²) in [6, 6.07) is 2.21. The first kappa shape index (κ1) is 16.1. The van der Waals surface area contributed by atoms with E-state index in [1.165, 1.54) is 12.8 Å². The third-order valence-corrected chi connectivity index (χ3v) is 5.34. The minimum Gasteiger partial charge on any atom is -0.381 e. The van der Waals surface area contributed by atoms with E-state index in [-0.39, 0.29) is 5.91 Å². The van der Waals surface area contributed by atoms with Crippen molar-refractivity contribution in [2.24, 2.45) is 5.92 Å². The van der Waals surface area contributed by atoms with E-state index in [9.17, 15) is 4.79 Å². The van der Waals surface area contributed by atoms with Crippen molar-refractivity contribution in [3.05, 3.63) is 17.5 Å². The number of nitrogens with one attached hydrogen (secondary N) is 2. The van der Waals surface area contributed by atoms with Gasteiger partial charge in [0, 0.05) is 49.8 Å².